The molecule has 0 saturated carbocycles. The van der Waals surface area contributed by atoms with Crippen LogP contribution in [0, 0.1) is 5.82 Å². The van der Waals surface area contributed by atoms with Crippen LogP contribution in [0.5, 0.6) is 5.75 Å². The Morgan fingerprint density at radius 3 is 2.69 bits per heavy atom. The molecule has 0 radical (unpaired) electrons. The van der Waals surface area contributed by atoms with Crippen LogP contribution >= 0.6 is 11.8 Å². The topological polar surface area (TPSA) is 68.1 Å². The number of halogens is 1. The summed E-state index contributed by atoms with van der Waals surface area (Å²) in [6.07, 6.45) is 0.835. The Balaban J connectivity index is 1.66. The molecule has 1 aromatic carbocycles. The highest BCUT2D eigenvalue weighted by molar-refractivity contribution is 7.98. The molecule has 2 aromatic heterocycles. The fraction of sp³-hybridized carbons (Fsp3) is 0.450. The van der Waals surface area contributed by atoms with Crippen LogP contribution in [-0.4, -0.2) is 52.8 Å². The summed E-state index contributed by atoms with van der Waals surface area (Å²) < 4.78 is 21.0. The van der Waals surface area contributed by atoms with Crippen LogP contribution in [0.1, 0.15) is 18.3 Å². The predicted octanol–water partition coefficient (Wildman–Crippen LogP) is 2.78. The van der Waals surface area contributed by atoms with E-state index in [1.807, 2.05) is 17.7 Å². The molecule has 1 aliphatic heterocycles. The van der Waals surface area contributed by atoms with E-state index in [0.29, 0.717) is 10.9 Å². The van der Waals surface area contributed by atoms with E-state index < -0.39 is 0 Å². The number of piperazine rings is 1. The summed E-state index contributed by atoms with van der Waals surface area (Å²) in [6.45, 7) is 5.71. The number of anilines is 1. The van der Waals surface area contributed by atoms with Crippen LogP contribution in [0.3, 0.4) is 0 Å². The smallest absolute Gasteiger partial charge is 0.191 e. The molecular weight excluding hydrogens is 391 g/mol. The summed E-state index contributed by atoms with van der Waals surface area (Å²) in [4.78, 5) is 16.7. The second-order valence-electron chi connectivity index (χ2n) is 6.94. The summed E-state index contributed by atoms with van der Waals surface area (Å²) >= 11 is 1.50. The van der Waals surface area contributed by atoms with Crippen molar-refractivity contribution in [2.45, 2.75) is 24.3 Å². The van der Waals surface area contributed by atoms with Gasteiger partial charge in [0.2, 0.25) is 0 Å². The van der Waals surface area contributed by atoms with Gasteiger partial charge in [-0.25, -0.2) is 19.3 Å². The Labute approximate surface area is 173 Å². The van der Waals surface area contributed by atoms with Crippen LogP contribution in [0.15, 0.2) is 23.4 Å². The third kappa shape index (κ3) is 4.02. The fourth-order valence-corrected chi connectivity index (χ4v) is 4.28. The van der Waals surface area contributed by atoms with Gasteiger partial charge in [0.25, 0.3) is 0 Å². The molecule has 0 aliphatic carbocycles. The van der Waals surface area contributed by atoms with Gasteiger partial charge >= 0.3 is 0 Å². The molecule has 1 aliphatic rings. The number of aromatic nitrogens is 4. The number of thioether (sulfide) groups is 1. The quantitative estimate of drug-likeness (QED) is 0.489. The standard InChI is InChI=1S/C20H25FN6OS/c1-4-16-23-17-18(26(16)2)24-20(25-19(17)27-9-7-22-8-10-27)29-12-13-5-6-15(28-3)14(21)11-13/h5-6,11,22H,4,7-10,12H2,1-3H3. The Kier molecular flexibility index (Phi) is 5.86. The van der Waals surface area contributed by atoms with Crippen molar-refractivity contribution in [1.82, 2.24) is 24.8 Å². The molecule has 0 amide bonds. The third-order valence-corrected chi connectivity index (χ3v) is 6.01. The zero-order chi connectivity index (χ0) is 20.4. The zero-order valence-electron chi connectivity index (χ0n) is 16.9. The summed E-state index contributed by atoms with van der Waals surface area (Å²) in [7, 11) is 3.46. The largest absolute Gasteiger partial charge is 0.494 e. The van der Waals surface area contributed by atoms with Gasteiger partial charge < -0.3 is 19.5 Å². The predicted molar refractivity (Wildman–Crippen MR) is 113 cm³/mol. The first-order chi connectivity index (χ1) is 14.1. The van der Waals surface area contributed by atoms with Gasteiger partial charge in [-0.15, -0.1) is 0 Å². The fourth-order valence-electron chi connectivity index (χ4n) is 3.50. The maximum absolute atomic E-state index is 14.0. The van der Waals surface area contributed by atoms with E-state index in [4.69, 9.17) is 19.7 Å². The number of hydrogen-bond acceptors (Lipinski definition) is 7. The van der Waals surface area contributed by atoms with Crippen molar-refractivity contribution in [3.63, 3.8) is 0 Å². The van der Waals surface area contributed by atoms with Crippen LogP contribution in [0.4, 0.5) is 10.2 Å². The van der Waals surface area contributed by atoms with E-state index in [0.717, 1.165) is 61.0 Å². The van der Waals surface area contributed by atoms with E-state index in [2.05, 4.69) is 17.1 Å². The van der Waals surface area contributed by atoms with E-state index in [1.54, 1.807) is 6.07 Å². The van der Waals surface area contributed by atoms with Crippen molar-refractivity contribution in [2.24, 2.45) is 7.05 Å². The first-order valence-corrected chi connectivity index (χ1v) is 10.7. The highest BCUT2D eigenvalue weighted by atomic mass is 32.2. The molecule has 4 rings (SSSR count). The number of aryl methyl sites for hydroxylation is 2. The molecule has 0 unspecified atom stereocenters. The molecule has 154 valence electrons. The van der Waals surface area contributed by atoms with Crippen molar-refractivity contribution in [3.05, 3.63) is 35.4 Å². The molecule has 0 bridgehead atoms. The van der Waals surface area contributed by atoms with Crippen LogP contribution < -0.4 is 15.0 Å². The molecular formula is C20H25FN6OS. The summed E-state index contributed by atoms with van der Waals surface area (Å²) in [5.41, 5.74) is 2.56. The highest BCUT2D eigenvalue weighted by Gasteiger charge is 2.21. The SMILES string of the molecule is CCc1nc2c(N3CCNCC3)nc(SCc3ccc(OC)c(F)c3)nc2n1C. The number of methoxy groups -OCH3 is 1. The van der Waals surface area contributed by atoms with Gasteiger partial charge in [-0.05, 0) is 17.7 Å². The second-order valence-corrected chi connectivity index (χ2v) is 7.88. The first kappa shape index (κ1) is 19.9. The third-order valence-electron chi connectivity index (χ3n) is 5.09. The summed E-state index contributed by atoms with van der Waals surface area (Å²) in [5, 5.41) is 4.05. The van der Waals surface area contributed by atoms with Gasteiger partial charge in [0.05, 0.1) is 7.11 Å². The Morgan fingerprint density at radius 1 is 1.21 bits per heavy atom. The molecule has 9 heteroatoms. The number of nitrogens with one attached hydrogen (secondary N) is 1. The van der Waals surface area contributed by atoms with E-state index in [9.17, 15) is 4.39 Å². The average Bonchev–Trinajstić information content (AvgIpc) is 3.08. The molecule has 1 saturated heterocycles. The lowest BCUT2D eigenvalue weighted by Gasteiger charge is -2.28. The lowest BCUT2D eigenvalue weighted by Crippen LogP contribution is -2.44. The minimum absolute atomic E-state index is 0.249. The molecule has 3 aromatic rings. The minimum Gasteiger partial charge on any atom is -0.494 e. The van der Waals surface area contributed by atoms with Gasteiger partial charge in [0.15, 0.2) is 33.7 Å². The van der Waals surface area contributed by atoms with Crippen molar-refractivity contribution < 1.29 is 9.13 Å². The van der Waals surface area contributed by atoms with Crippen molar-refractivity contribution in [3.8, 4) is 5.75 Å². The van der Waals surface area contributed by atoms with E-state index >= 15 is 0 Å². The highest BCUT2D eigenvalue weighted by Crippen LogP contribution is 2.30. The van der Waals surface area contributed by atoms with Gasteiger partial charge in [-0.3, -0.25) is 0 Å². The van der Waals surface area contributed by atoms with Gasteiger partial charge in [0.1, 0.15) is 5.82 Å². The van der Waals surface area contributed by atoms with Crippen molar-refractivity contribution in [2.75, 3.05) is 38.2 Å². The number of ether oxygens (including phenoxy) is 1. The number of fused-ring (bicyclic) bond motifs is 1. The maximum atomic E-state index is 14.0. The van der Waals surface area contributed by atoms with E-state index in [-0.39, 0.29) is 11.6 Å². The molecule has 29 heavy (non-hydrogen) atoms. The van der Waals surface area contributed by atoms with E-state index in [1.165, 1.54) is 24.9 Å². The lowest BCUT2D eigenvalue weighted by atomic mass is 10.2. The zero-order valence-corrected chi connectivity index (χ0v) is 17.7. The molecule has 0 spiro atoms. The van der Waals surface area contributed by atoms with Crippen LogP contribution in [0.25, 0.3) is 11.2 Å². The van der Waals surface area contributed by atoms with Crippen LogP contribution in [-0.2, 0) is 19.2 Å². The van der Waals surface area contributed by atoms with Crippen LogP contribution in [0.2, 0.25) is 0 Å². The second kappa shape index (κ2) is 8.54. The molecule has 1 fully saturated rings. The number of hydrogen-bond donors (Lipinski definition) is 1. The number of rotatable bonds is 6. The van der Waals surface area contributed by atoms with Crippen molar-refractivity contribution in [1.29, 1.82) is 0 Å². The Morgan fingerprint density at radius 2 is 2.00 bits per heavy atom. The number of nitrogens with zero attached hydrogens (tertiary/aromatic N) is 5. The Bertz CT molecular complexity index is 1020. The number of benzene rings is 1. The number of imidazole rings is 1. The monoisotopic (exact) mass is 416 g/mol. The summed E-state index contributed by atoms with van der Waals surface area (Å²) in [6, 6.07) is 5.01. The average molecular weight is 417 g/mol. The van der Waals surface area contributed by atoms with Crippen molar-refractivity contribution >= 4 is 28.7 Å². The lowest BCUT2D eigenvalue weighted by molar-refractivity contribution is 0.386. The minimum atomic E-state index is -0.359. The molecule has 1 N–H and O–H groups in total. The van der Waals surface area contributed by atoms with Gasteiger partial charge in [-0.2, -0.15) is 0 Å². The normalized spacial score (nSPS) is 14.6. The molecule has 0 atom stereocenters. The molecule has 3 heterocycles. The summed E-state index contributed by atoms with van der Waals surface area (Å²) in [5.74, 6) is 2.34. The first-order valence-electron chi connectivity index (χ1n) is 9.75. The van der Waals surface area contributed by atoms with Gasteiger partial charge in [-0.1, -0.05) is 24.8 Å². The molecule has 7 nitrogen and oxygen atoms in total. The Hall–Kier alpha value is -2.39. The maximum Gasteiger partial charge on any atom is 0.191 e. The van der Waals surface area contributed by atoms with Gasteiger partial charge in [0, 0.05) is 45.4 Å².